The van der Waals surface area contributed by atoms with E-state index in [0.29, 0.717) is 0 Å². The molecule has 0 aromatic carbocycles. The molecule has 0 spiro atoms. The van der Waals surface area contributed by atoms with Crippen LogP contribution in [0.5, 0.6) is 0 Å². The van der Waals surface area contributed by atoms with Crippen LogP contribution in [0, 0.1) is 0 Å². The van der Waals surface area contributed by atoms with Gasteiger partial charge in [-0.2, -0.15) is 5.10 Å². The van der Waals surface area contributed by atoms with Gasteiger partial charge in [0.05, 0.1) is 11.9 Å². The molecule has 1 aromatic heterocycles. The lowest BCUT2D eigenvalue weighted by Gasteiger charge is -2.10. The second-order valence-corrected chi connectivity index (χ2v) is 2.30. The maximum absolute atomic E-state index is 3.94. The van der Waals surface area contributed by atoms with Crippen LogP contribution in [0.3, 0.4) is 0 Å². The molecule has 11 heavy (non-hydrogen) atoms. The summed E-state index contributed by atoms with van der Waals surface area (Å²) in [6.07, 6.45) is 3.03. The van der Waals surface area contributed by atoms with Crippen molar-refractivity contribution in [3.8, 4) is 0 Å². The normalized spacial score (nSPS) is 14.2. The number of H-pyrrole nitrogens is 1. The molecule has 0 aliphatic carbocycles. The highest BCUT2D eigenvalue weighted by atomic mass is 35.5. The van der Waals surface area contributed by atoms with Crippen molar-refractivity contribution in [2.45, 2.75) is 13.0 Å². The molecule has 3 nitrogen and oxygen atoms in total. The molecule has 5 heteroatoms. The van der Waals surface area contributed by atoms with Gasteiger partial charge >= 0.3 is 0 Å². The molecule has 0 saturated heterocycles. The molecule has 0 unspecified atom stereocenters. The first-order chi connectivity index (χ1) is 4.47. The molecule has 0 radical (unpaired) electrons. The van der Waals surface area contributed by atoms with Gasteiger partial charge in [0.25, 0.3) is 0 Å². The van der Waals surface area contributed by atoms with Gasteiger partial charge in [0.15, 0.2) is 0 Å². The lowest BCUT2D eigenvalue weighted by molar-refractivity contribution is 0.632. The zero-order chi connectivity index (χ0) is 6.10. The Morgan fingerprint density at radius 2 is 2.18 bits per heavy atom. The number of nitrogens with zero attached hydrogens (tertiary/aromatic N) is 1. The topological polar surface area (TPSA) is 40.7 Å². The molecule has 0 bridgehead atoms. The first-order valence-electron chi connectivity index (χ1n) is 3.18. The van der Waals surface area contributed by atoms with Crippen LogP contribution in [-0.2, 0) is 13.0 Å². The lowest BCUT2D eigenvalue weighted by Crippen LogP contribution is -2.22. The predicted molar refractivity (Wildman–Crippen MR) is 48.5 cm³/mol. The minimum absolute atomic E-state index is 0. The van der Waals surface area contributed by atoms with E-state index in [4.69, 9.17) is 0 Å². The Bertz CT molecular complexity index is 191. The highest BCUT2D eigenvalue weighted by molar-refractivity contribution is 5.85. The largest absolute Gasteiger partial charge is 0.311 e. The van der Waals surface area contributed by atoms with Crippen molar-refractivity contribution < 1.29 is 0 Å². The average Bonchev–Trinajstić information content (AvgIpc) is 2.33. The molecule has 64 valence electrons. The molecular formula is C6H11Cl2N3. The molecule has 0 atom stereocenters. The van der Waals surface area contributed by atoms with Gasteiger partial charge in [-0.3, -0.25) is 5.10 Å². The van der Waals surface area contributed by atoms with Crippen molar-refractivity contribution >= 4 is 24.8 Å². The van der Waals surface area contributed by atoms with Crippen molar-refractivity contribution in [3.63, 3.8) is 0 Å². The van der Waals surface area contributed by atoms with Gasteiger partial charge in [-0.1, -0.05) is 0 Å². The third-order valence-corrected chi connectivity index (χ3v) is 1.68. The van der Waals surface area contributed by atoms with Gasteiger partial charge in [0.2, 0.25) is 0 Å². The van der Waals surface area contributed by atoms with Gasteiger partial charge in [0.1, 0.15) is 0 Å². The second kappa shape index (κ2) is 4.59. The molecule has 2 heterocycles. The SMILES string of the molecule is Cl.Cl.c1n[nH]c2c1CCNC2. The van der Waals surface area contributed by atoms with Crippen molar-refractivity contribution in [1.29, 1.82) is 0 Å². The summed E-state index contributed by atoms with van der Waals surface area (Å²) >= 11 is 0. The van der Waals surface area contributed by atoms with Gasteiger partial charge < -0.3 is 5.32 Å². The first kappa shape index (κ1) is 10.8. The van der Waals surface area contributed by atoms with Gasteiger partial charge in [0, 0.05) is 6.54 Å². The van der Waals surface area contributed by atoms with Crippen LogP contribution >= 0.6 is 24.8 Å². The summed E-state index contributed by atoms with van der Waals surface area (Å²) < 4.78 is 0. The van der Waals surface area contributed by atoms with Gasteiger partial charge in [-0.05, 0) is 18.5 Å². The van der Waals surface area contributed by atoms with Crippen LogP contribution in [0.1, 0.15) is 11.3 Å². The summed E-state index contributed by atoms with van der Waals surface area (Å²) in [5.74, 6) is 0. The molecule has 0 saturated carbocycles. The van der Waals surface area contributed by atoms with E-state index in [0.717, 1.165) is 19.5 Å². The number of aromatic amines is 1. The molecular weight excluding hydrogens is 185 g/mol. The van der Waals surface area contributed by atoms with Crippen molar-refractivity contribution in [3.05, 3.63) is 17.5 Å². The Labute approximate surface area is 77.8 Å². The minimum Gasteiger partial charge on any atom is -0.311 e. The Morgan fingerprint density at radius 1 is 1.36 bits per heavy atom. The van der Waals surface area contributed by atoms with Crippen molar-refractivity contribution in [2.24, 2.45) is 0 Å². The molecule has 1 aliphatic rings. The van der Waals surface area contributed by atoms with E-state index in [9.17, 15) is 0 Å². The quantitative estimate of drug-likeness (QED) is 0.647. The summed E-state index contributed by atoms with van der Waals surface area (Å²) in [5.41, 5.74) is 2.62. The maximum atomic E-state index is 3.94. The van der Waals surface area contributed by atoms with E-state index in [1.54, 1.807) is 0 Å². The molecule has 1 aliphatic heterocycles. The predicted octanol–water partition coefficient (Wildman–Crippen LogP) is 0.899. The first-order valence-corrected chi connectivity index (χ1v) is 3.18. The van der Waals surface area contributed by atoms with Crippen LogP contribution in [0.4, 0.5) is 0 Å². The third kappa shape index (κ3) is 2.09. The van der Waals surface area contributed by atoms with E-state index in [1.807, 2.05) is 6.20 Å². The van der Waals surface area contributed by atoms with Gasteiger partial charge in [-0.15, -0.1) is 24.8 Å². The Hall–Kier alpha value is -0.250. The summed E-state index contributed by atoms with van der Waals surface area (Å²) in [6, 6.07) is 0. The number of halogens is 2. The van der Waals surface area contributed by atoms with Crippen LogP contribution in [0.15, 0.2) is 6.20 Å². The second-order valence-electron chi connectivity index (χ2n) is 2.30. The van der Waals surface area contributed by atoms with E-state index in [-0.39, 0.29) is 24.8 Å². The minimum atomic E-state index is 0. The average molecular weight is 196 g/mol. The molecule has 0 amide bonds. The van der Waals surface area contributed by atoms with Crippen molar-refractivity contribution in [2.75, 3.05) is 6.54 Å². The number of aromatic nitrogens is 2. The number of fused-ring (bicyclic) bond motifs is 1. The standard InChI is InChI=1S/C6H9N3.2ClH/c1-2-7-4-6-5(1)3-8-9-6;;/h3,7H,1-2,4H2,(H,8,9);2*1H. The van der Waals surface area contributed by atoms with Crippen LogP contribution < -0.4 is 5.32 Å². The van der Waals surface area contributed by atoms with E-state index >= 15 is 0 Å². The fraction of sp³-hybridized carbons (Fsp3) is 0.500. The highest BCUT2D eigenvalue weighted by Crippen LogP contribution is 2.07. The summed E-state index contributed by atoms with van der Waals surface area (Å²) in [6.45, 7) is 2.04. The Morgan fingerprint density at radius 3 is 2.91 bits per heavy atom. The number of nitrogens with one attached hydrogen (secondary N) is 2. The van der Waals surface area contributed by atoms with Crippen LogP contribution in [0.25, 0.3) is 0 Å². The van der Waals surface area contributed by atoms with Crippen LogP contribution in [-0.4, -0.2) is 16.7 Å². The zero-order valence-electron chi connectivity index (χ0n) is 5.96. The van der Waals surface area contributed by atoms with E-state index < -0.39 is 0 Å². The number of rotatable bonds is 0. The number of hydrogen-bond donors (Lipinski definition) is 2. The number of hydrogen-bond acceptors (Lipinski definition) is 2. The molecule has 0 fully saturated rings. The molecule has 2 N–H and O–H groups in total. The van der Waals surface area contributed by atoms with Crippen molar-refractivity contribution in [1.82, 2.24) is 15.5 Å². The molecule has 1 aromatic rings. The lowest BCUT2D eigenvalue weighted by atomic mass is 10.1. The maximum Gasteiger partial charge on any atom is 0.0523 e. The summed E-state index contributed by atoms with van der Waals surface area (Å²) in [5, 5.41) is 10.1. The fourth-order valence-corrected chi connectivity index (χ4v) is 1.14. The summed E-state index contributed by atoms with van der Waals surface area (Å²) in [4.78, 5) is 0. The molecule has 2 rings (SSSR count). The fourth-order valence-electron chi connectivity index (χ4n) is 1.14. The van der Waals surface area contributed by atoms with Crippen LogP contribution in [0.2, 0.25) is 0 Å². The Balaban J connectivity index is 0.000000500. The monoisotopic (exact) mass is 195 g/mol. The third-order valence-electron chi connectivity index (χ3n) is 1.68. The highest BCUT2D eigenvalue weighted by Gasteiger charge is 2.08. The van der Waals surface area contributed by atoms with E-state index in [2.05, 4.69) is 15.5 Å². The van der Waals surface area contributed by atoms with Gasteiger partial charge in [-0.25, -0.2) is 0 Å². The summed E-state index contributed by atoms with van der Waals surface area (Å²) in [7, 11) is 0. The zero-order valence-corrected chi connectivity index (χ0v) is 7.60. The van der Waals surface area contributed by atoms with E-state index in [1.165, 1.54) is 11.3 Å². The Kier molecular flexibility index (Phi) is 4.49. The smallest absolute Gasteiger partial charge is 0.0523 e.